The third-order valence-corrected chi connectivity index (χ3v) is 3.97. The van der Waals surface area contributed by atoms with Crippen molar-refractivity contribution in [3.63, 3.8) is 0 Å². The van der Waals surface area contributed by atoms with E-state index in [2.05, 4.69) is 50.4 Å². The number of aromatic hydroxyl groups is 1. The Morgan fingerprint density at radius 2 is 1.74 bits per heavy atom. The summed E-state index contributed by atoms with van der Waals surface area (Å²) in [6, 6.07) is 13.3. The lowest BCUT2D eigenvalue weighted by atomic mass is 9.86. The molecule has 0 aliphatic rings. The highest BCUT2D eigenvalue weighted by molar-refractivity contribution is 5.95. The Morgan fingerprint density at radius 3 is 2.30 bits per heavy atom. The Bertz CT molecular complexity index is 682. The quantitative estimate of drug-likeness (QED) is 0.897. The first-order valence-electron chi connectivity index (χ1n) is 7.94. The zero-order valence-corrected chi connectivity index (χ0v) is 14.3. The van der Waals surface area contributed by atoms with E-state index in [4.69, 9.17) is 0 Å². The predicted molar refractivity (Wildman–Crippen MR) is 94.0 cm³/mol. The molecule has 23 heavy (non-hydrogen) atoms. The van der Waals surface area contributed by atoms with Crippen molar-refractivity contribution in [3.05, 3.63) is 64.7 Å². The fourth-order valence-corrected chi connectivity index (χ4v) is 2.49. The van der Waals surface area contributed by atoms with Crippen LogP contribution < -0.4 is 5.32 Å². The summed E-state index contributed by atoms with van der Waals surface area (Å²) >= 11 is 0. The van der Waals surface area contributed by atoms with Gasteiger partial charge in [-0.25, -0.2) is 0 Å². The summed E-state index contributed by atoms with van der Waals surface area (Å²) in [7, 11) is 0. The molecule has 2 rings (SSSR count). The fourth-order valence-electron chi connectivity index (χ4n) is 2.49. The molecular formula is C20H25NO2. The number of hydrogen-bond acceptors (Lipinski definition) is 2. The molecule has 2 N–H and O–H groups in total. The Hall–Kier alpha value is -2.29. The van der Waals surface area contributed by atoms with Crippen LogP contribution in [0.4, 0.5) is 0 Å². The lowest BCUT2D eigenvalue weighted by molar-refractivity contribution is 0.0953. The molecule has 0 aliphatic carbocycles. The first-order chi connectivity index (χ1) is 10.8. The average molecular weight is 311 g/mol. The standard InChI is InChI=1S/C20H25NO2/c1-14-13-17(22)9-10-18(14)19(23)21-12-11-15-5-7-16(8-6-15)20(2,3)4/h5-10,13,22H,11-12H2,1-4H3,(H,21,23). The van der Waals surface area contributed by atoms with Crippen LogP contribution >= 0.6 is 0 Å². The van der Waals surface area contributed by atoms with Gasteiger partial charge in [0.15, 0.2) is 0 Å². The van der Waals surface area contributed by atoms with Gasteiger partial charge in [-0.2, -0.15) is 0 Å². The Balaban J connectivity index is 1.90. The molecule has 0 saturated carbocycles. The summed E-state index contributed by atoms with van der Waals surface area (Å²) < 4.78 is 0. The maximum Gasteiger partial charge on any atom is 0.251 e. The fraction of sp³-hybridized carbons (Fsp3) is 0.350. The molecule has 3 heteroatoms. The van der Waals surface area contributed by atoms with Gasteiger partial charge in [0.2, 0.25) is 0 Å². The molecule has 0 heterocycles. The molecule has 0 bridgehead atoms. The normalized spacial score (nSPS) is 11.3. The number of amides is 1. The predicted octanol–water partition coefficient (Wildman–Crippen LogP) is 3.97. The van der Waals surface area contributed by atoms with E-state index < -0.39 is 0 Å². The summed E-state index contributed by atoms with van der Waals surface area (Å²) in [4.78, 5) is 12.2. The number of nitrogens with one attached hydrogen (secondary N) is 1. The van der Waals surface area contributed by atoms with Crippen molar-refractivity contribution in [2.75, 3.05) is 6.54 Å². The molecule has 0 aromatic heterocycles. The van der Waals surface area contributed by atoms with Crippen LogP contribution in [-0.2, 0) is 11.8 Å². The molecule has 0 aliphatic heterocycles. The summed E-state index contributed by atoms with van der Waals surface area (Å²) in [5.74, 6) is 0.0757. The molecule has 0 radical (unpaired) electrons. The van der Waals surface area contributed by atoms with Crippen molar-refractivity contribution in [2.45, 2.75) is 39.5 Å². The van der Waals surface area contributed by atoms with E-state index in [0.29, 0.717) is 12.1 Å². The highest BCUT2D eigenvalue weighted by Crippen LogP contribution is 2.22. The van der Waals surface area contributed by atoms with E-state index in [9.17, 15) is 9.90 Å². The van der Waals surface area contributed by atoms with E-state index in [0.717, 1.165) is 12.0 Å². The van der Waals surface area contributed by atoms with E-state index in [1.807, 2.05) is 6.92 Å². The second-order valence-electron chi connectivity index (χ2n) is 6.95. The lowest BCUT2D eigenvalue weighted by Crippen LogP contribution is -2.26. The minimum atomic E-state index is -0.103. The van der Waals surface area contributed by atoms with Gasteiger partial charge in [0.05, 0.1) is 0 Å². The van der Waals surface area contributed by atoms with Crippen LogP contribution in [0, 0.1) is 6.92 Å². The van der Waals surface area contributed by atoms with Gasteiger partial charge >= 0.3 is 0 Å². The monoisotopic (exact) mass is 311 g/mol. The number of phenolic OH excluding ortho intramolecular Hbond substituents is 1. The van der Waals surface area contributed by atoms with Crippen LogP contribution in [-0.4, -0.2) is 17.6 Å². The van der Waals surface area contributed by atoms with Crippen molar-refractivity contribution in [1.82, 2.24) is 5.32 Å². The number of rotatable bonds is 4. The number of phenols is 1. The maximum absolute atomic E-state index is 12.2. The summed E-state index contributed by atoms with van der Waals surface area (Å²) in [6.07, 6.45) is 0.799. The van der Waals surface area contributed by atoms with Crippen molar-refractivity contribution >= 4 is 5.91 Å². The molecular weight excluding hydrogens is 286 g/mol. The van der Waals surface area contributed by atoms with Gasteiger partial charge in [0.1, 0.15) is 5.75 Å². The van der Waals surface area contributed by atoms with Gasteiger partial charge in [-0.3, -0.25) is 4.79 Å². The number of benzene rings is 2. The van der Waals surface area contributed by atoms with Gasteiger partial charge in [-0.15, -0.1) is 0 Å². The van der Waals surface area contributed by atoms with Crippen LogP contribution in [0.15, 0.2) is 42.5 Å². The van der Waals surface area contributed by atoms with Crippen molar-refractivity contribution in [3.8, 4) is 5.75 Å². The zero-order valence-electron chi connectivity index (χ0n) is 14.3. The Labute approximate surface area is 138 Å². The SMILES string of the molecule is Cc1cc(O)ccc1C(=O)NCCc1ccc(C(C)(C)C)cc1. The van der Waals surface area contributed by atoms with E-state index in [1.54, 1.807) is 12.1 Å². The first kappa shape index (κ1) is 17.1. The number of carbonyl (C=O) groups excluding carboxylic acids is 1. The van der Waals surface area contributed by atoms with Crippen LogP contribution in [0.2, 0.25) is 0 Å². The molecule has 2 aromatic carbocycles. The van der Waals surface area contributed by atoms with Crippen LogP contribution in [0.25, 0.3) is 0 Å². The number of aryl methyl sites for hydroxylation is 1. The second kappa shape index (κ2) is 6.86. The zero-order chi connectivity index (χ0) is 17.0. The molecule has 0 saturated heterocycles. The van der Waals surface area contributed by atoms with Gasteiger partial charge in [0, 0.05) is 12.1 Å². The Kier molecular flexibility index (Phi) is 5.09. The Morgan fingerprint density at radius 1 is 1.09 bits per heavy atom. The number of carbonyl (C=O) groups is 1. The molecule has 2 aromatic rings. The van der Waals surface area contributed by atoms with Gasteiger partial charge in [-0.05, 0) is 53.6 Å². The highest BCUT2D eigenvalue weighted by atomic mass is 16.3. The molecule has 122 valence electrons. The van der Waals surface area contributed by atoms with Crippen LogP contribution in [0.1, 0.15) is 47.8 Å². The summed E-state index contributed by atoms with van der Waals surface area (Å²) in [5, 5.41) is 12.3. The molecule has 0 fully saturated rings. The van der Waals surface area contributed by atoms with E-state index in [-0.39, 0.29) is 17.1 Å². The second-order valence-corrected chi connectivity index (χ2v) is 6.95. The van der Waals surface area contributed by atoms with Gasteiger partial charge in [0.25, 0.3) is 5.91 Å². The smallest absolute Gasteiger partial charge is 0.251 e. The van der Waals surface area contributed by atoms with Crippen molar-refractivity contribution in [1.29, 1.82) is 0 Å². The number of hydrogen-bond donors (Lipinski definition) is 2. The molecule has 3 nitrogen and oxygen atoms in total. The molecule has 0 atom stereocenters. The maximum atomic E-state index is 12.2. The summed E-state index contributed by atoms with van der Waals surface area (Å²) in [6.45, 7) is 9.00. The molecule has 0 spiro atoms. The van der Waals surface area contributed by atoms with Crippen LogP contribution in [0.3, 0.4) is 0 Å². The van der Waals surface area contributed by atoms with Crippen molar-refractivity contribution < 1.29 is 9.90 Å². The van der Waals surface area contributed by atoms with Crippen molar-refractivity contribution in [2.24, 2.45) is 0 Å². The average Bonchev–Trinajstić information content (AvgIpc) is 2.46. The highest BCUT2D eigenvalue weighted by Gasteiger charge is 2.13. The molecule has 1 amide bonds. The van der Waals surface area contributed by atoms with Crippen LogP contribution in [0.5, 0.6) is 5.75 Å². The van der Waals surface area contributed by atoms with E-state index >= 15 is 0 Å². The minimum Gasteiger partial charge on any atom is -0.508 e. The third kappa shape index (κ3) is 4.59. The largest absolute Gasteiger partial charge is 0.508 e. The molecule has 0 unspecified atom stereocenters. The van der Waals surface area contributed by atoms with Gasteiger partial charge in [-0.1, -0.05) is 45.0 Å². The lowest BCUT2D eigenvalue weighted by Gasteiger charge is -2.19. The van der Waals surface area contributed by atoms with Gasteiger partial charge < -0.3 is 10.4 Å². The topological polar surface area (TPSA) is 49.3 Å². The minimum absolute atomic E-state index is 0.103. The summed E-state index contributed by atoms with van der Waals surface area (Å²) in [5.41, 5.74) is 4.05. The van der Waals surface area contributed by atoms with E-state index in [1.165, 1.54) is 17.2 Å². The first-order valence-corrected chi connectivity index (χ1v) is 7.94. The third-order valence-electron chi connectivity index (χ3n) is 3.97.